The molecule has 0 radical (unpaired) electrons. The van der Waals surface area contributed by atoms with Gasteiger partial charge in [-0.05, 0) is 89.9 Å². The zero-order valence-corrected chi connectivity index (χ0v) is 66.4. The molecule has 0 rings (SSSR count). The van der Waals surface area contributed by atoms with E-state index in [4.69, 9.17) is 18.5 Å². The minimum atomic E-state index is -4.40. The third-order valence-electron chi connectivity index (χ3n) is 18.9. The van der Waals surface area contributed by atoms with Gasteiger partial charge in [-0.15, -0.1) is 0 Å². The molecule has 0 aromatic heterocycles. The van der Waals surface area contributed by atoms with E-state index in [9.17, 15) is 19.0 Å². The Bertz CT molecular complexity index is 1930. The van der Waals surface area contributed by atoms with E-state index in [1.807, 2.05) is 21.1 Å². The van der Waals surface area contributed by atoms with Crippen LogP contribution < -0.4 is 0 Å². The maximum atomic E-state index is 12.9. The molecule has 0 heterocycles. The fraction of sp³-hybridized carbons (Fsp3) is 0.818. The topological polar surface area (TPSA) is 108 Å². The highest BCUT2D eigenvalue weighted by atomic mass is 31.2. The highest BCUT2D eigenvalue weighted by Crippen LogP contribution is 2.43. The molecule has 2 unspecified atom stereocenters. The summed E-state index contributed by atoms with van der Waals surface area (Å²) in [6.45, 7) is 4.38. The van der Waals surface area contributed by atoms with Gasteiger partial charge in [0.25, 0.3) is 0 Å². The Morgan fingerprint density at radius 2 is 0.582 bits per heavy atom. The summed E-state index contributed by atoms with van der Waals surface area (Å²) in [5.41, 5.74) is 0. The van der Waals surface area contributed by atoms with Crippen molar-refractivity contribution in [2.45, 2.75) is 418 Å². The zero-order chi connectivity index (χ0) is 71.1. The number of hydrogen-bond donors (Lipinski definition) is 1. The second kappa shape index (κ2) is 78.3. The second-order valence-corrected chi connectivity index (χ2v) is 31.3. The average molecular weight is 1390 g/mol. The number of esters is 2. The van der Waals surface area contributed by atoms with E-state index in [1.165, 1.54) is 308 Å². The second-order valence-electron chi connectivity index (χ2n) is 29.8. The largest absolute Gasteiger partial charge is 0.472 e. The molecule has 0 aromatic rings. The average Bonchev–Trinajstić information content (AvgIpc) is 1.08. The molecule has 9 nitrogen and oxygen atoms in total. The summed E-state index contributed by atoms with van der Waals surface area (Å²) in [6.07, 6.45) is 109. The molecule has 10 heteroatoms. The summed E-state index contributed by atoms with van der Waals surface area (Å²) in [4.78, 5) is 36.0. The highest BCUT2D eigenvalue weighted by Gasteiger charge is 2.27. The molecule has 2 atom stereocenters. The van der Waals surface area contributed by atoms with Gasteiger partial charge in [0.2, 0.25) is 0 Å². The lowest BCUT2D eigenvalue weighted by Crippen LogP contribution is -2.37. The lowest BCUT2D eigenvalue weighted by Gasteiger charge is -2.24. The molecule has 0 aliphatic heterocycles. The van der Waals surface area contributed by atoms with E-state index in [1.54, 1.807) is 0 Å². The quantitative estimate of drug-likeness (QED) is 0.0211. The van der Waals surface area contributed by atoms with E-state index in [0.29, 0.717) is 23.9 Å². The first kappa shape index (κ1) is 95.2. The summed E-state index contributed by atoms with van der Waals surface area (Å²) < 4.78 is 34.9. The van der Waals surface area contributed by atoms with Gasteiger partial charge in [0.15, 0.2) is 6.10 Å². The molecule has 0 saturated heterocycles. The maximum absolute atomic E-state index is 12.9. The van der Waals surface area contributed by atoms with Gasteiger partial charge in [0.1, 0.15) is 19.8 Å². The predicted octanol–water partition coefficient (Wildman–Crippen LogP) is 28.4. The van der Waals surface area contributed by atoms with Crippen molar-refractivity contribution in [3.63, 3.8) is 0 Å². The number of carbonyl (C=O) groups is 2. The van der Waals surface area contributed by atoms with E-state index in [2.05, 4.69) is 98.9 Å². The Morgan fingerprint density at radius 3 is 0.878 bits per heavy atom. The van der Waals surface area contributed by atoms with Crippen molar-refractivity contribution in [3.05, 3.63) is 85.1 Å². The number of unbranched alkanes of at least 4 members (excludes halogenated alkanes) is 51. The summed E-state index contributed by atoms with van der Waals surface area (Å²) in [5.74, 6) is -0.776. The number of phosphoric ester groups is 1. The first-order valence-corrected chi connectivity index (χ1v) is 43.8. The van der Waals surface area contributed by atoms with Crippen LogP contribution in [0.4, 0.5) is 0 Å². The minimum Gasteiger partial charge on any atom is -0.462 e. The number of phosphoric acid groups is 1. The standard InChI is InChI=1S/C88H162NO8P/c1-6-8-10-12-14-16-18-20-22-24-26-28-30-32-34-36-38-40-42-44-46-48-50-52-54-56-58-60-62-64-66-68-70-72-74-76-78-80-87(90)94-84-86(85-96-98(92,93)95-83-82-89(3,4)5)97-88(91)81-79-77-75-73-71-69-67-65-63-61-59-57-55-53-51-49-47-45-43-41-39-37-35-33-31-29-27-25-23-21-19-17-15-13-11-9-7-2/h9,11,15,17,21,23-24,26-27,29,33,35,39,41,86H,6-8,10,12-14,16,18-20,22,25,28,30-32,34,36-38,40,42-85H2,1-5H3/p+1/b11-9-,17-15-,23-21-,26-24-,29-27-,35-33-,41-39-. The fourth-order valence-electron chi connectivity index (χ4n) is 12.5. The van der Waals surface area contributed by atoms with E-state index in [-0.39, 0.29) is 25.6 Å². The van der Waals surface area contributed by atoms with Crippen molar-refractivity contribution in [2.75, 3.05) is 47.5 Å². The van der Waals surface area contributed by atoms with Gasteiger partial charge in [0, 0.05) is 12.8 Å². The van der Waals surface area contributed by atoms with Gasteiger partial charge in [-0.25, -0.2) is 4.57 Å². The zero-order valence-electron chi connectivity index (χ0n) is 65.5. The van der Waals surface area contributed by atoms with Crippen molar-refractivity contribution in [1.29, 1.82) is 0 Å². The lowest BCUT2D eigenvalue weighted by atomic mass is 10.0. The Morgan fingerprint density at radius 1 is 0.327 bits per heavy atom. The van der Waals surface area contributed by atoms with E-state index in [0.717, 1.165) is 70.6 Å². The third kappa shape index (κ3) is 82.1. The molecule has 0 saturated carbocycles. The molecule has 0 aliphatic rings. The predicted molar refractivity (Wildman–Crippen MR) is 427 cm³/mol. The van der Waals surface area contributed by atoms with Crippen molar-refractivity contribution in [1.82, 2.24) is 0 Å². The van der Waals surface area contributed by atoms with Gasteiger partial charge >= 0.3 is 19.8 Å². The normalized spacial score (nSPS) is 13.4. The van der Waals surface area contributed by atoms with Crippen LogP contribution in [0.25, 0.3) is 0 Å². The van der Waals surface area contributed by atoms with Gasteiger partial charge in [-0.1, -0.05) is 394 Å². The van der Waals surface area contributed by atoms with Crippen LogP contribution in [-0.2, 0) is 32.7 Å². The lowest BCUT2D eigenvalue weighted by molar-refractivity contribution is -0.870. The smallest absolute Gasteiger partial charge is 0.462 e. The molecule has 0 spiro atoms. The highest BCUT2D eigenvalue weighted by molar-refractivity contribution is 7.47. The van der Waals surface area contributed by atoms with Crippen LogP contribution in [0.5, 0.6) is 0 Å². The number of carbonyl (C=O) groups excluding carboxylic acids is 2. The fourth-order valence-corrected chi connectivity index (χ4v) is 13.2. The van der Waals surface area contributed by atoms with E-state index >= 15 is 0 Å². The molecule has 0 aromatic carbocycles. The number of likely N-dealkylation sites (N-methyl/N-ethyl adjacent to an activating group) is 1. The van der Waals surface area contributed by atoms with Crippen LogP contribution >= 0.6 is 7.82 Å². The summed E-state index contributed by atoms with van der Waals surface area (Å²) in [6, 6.07) is 0. The molecular weight excluding hydrogens is 1230 g/mol. The maximum Gasteiger partial charge on any atom is 0.472 e. The van der Waals surface area contributed by atoms with Gasteiger partial charge < -0.3 is 18.9 Å². The van der Waals surface area contributed by atoms with Crippen LogP contribution in [0.1, 0.15) is 412 Å². The molecule has 98 heavy (non-hydrogen) atoms. The van der Waals surface area contributed by atoms with Crippen molar-refractivity contribution < 1.29 is 42.1 Å². The van der Waals surface area contributed by atoms with Gasteiger partial charge in [-0.2, -0.15) is 0 Å². The number of quaternary nitrogens is 1. The number of hydrogen-bond acceptors (Lipinski definition) is 7. The summed E-state index contributed by atoms with van der Waals surface area (Å²) in [7, 11) is 1.49. The monoisotopic (exact) mass is 1390 g/mol. The number of ether oxygens (including phenoxy) is 2. The number of rotatable bonds is 79. The number of allylic oxidation sites excluding steroid dienone is 14. The Kier molecular flexibility index (Phi) is 76.1. The SMILES string of the molecule is CC/C=C\C/C=C\C/C=C\C/C=C\C/C=C\C/C=C\CCCCCCCCCCCCCCCCCCCCC(=O)OC(COC(=O)CCCCCCCCCCCCCCCCCCCCCCCCCCC/C=C\CCCCCCCCCC)COP(=O)(O)OCC[N+](C)(C)C. The molecule has 572 valence electrons. The van der Waals surface area contributed by atoms with Crippen LogP contribution in [0.3, 0.4) is 0 Å². The van der Waals surface area contributed by atoms with Gasteiger partial charge in [0.05, 0.1) is 27.7 Å². The first-order valence-electron chi connectivity index (χ1n) is 42.3. The van der Waals surface area contributed by atoms with E-state index < -0.39 is 26.5 Å². The molecule has 1 N–H and O–H groups in total. The van der Waals surface area contributed by atoms with Crippen LogP contribution in [0, 0.1) is 0 Å². The van der Waals surface area contributed by atoms with Gasteiger partial charge in [-0.3, -0.25) is 18.6 Å². The van der Waals surface area contributed by atoms with Crippen molar-refractivity contribution >= 4 is 19.8 Å². The Labute approximate surface area is 609 Å². The minimum absolute atomic E-state index is 0.0326. The molecule has 0 fully saturated rings. The number of nitrogens with zero attached hydrogens (tertiary/aromatic N) is 1. The van der Waals surface area contributed by atoms with Crippen LogP contribution in [0.2, 0.25) is 0 Å². The van der Waals surface area contributed by atoms with Crippen molar-refractivity contribution in [3.8, 4) is 0 Å². The summed E-state index contributed by atoms with van der Waals surface area (Å²) >= 11 is 0. The first-order chi connectivity index (χ1) is 48.0. The Hall–Kier alpha value is -2.81. The molecule has 0 bridgehead atoms. The Balaban J connectivity index is 3.90. The molecule has 0 amide bonds. The molecule has 0 aliphatic carbocycles. The van der Waals surface area contributed by atoms with Crippen LogP contribution in [-0.4, -0.2) is 74.9 Å². The third-order valence-corrected chi connectivity index (χ3v) is 19.9. The van der Waals surface area contributed by atoms with Crippen molar-refractivity contribution in [2.24, 2.45) is 0 Å². The summed E-state index contributed by atoms with van der Waals surface area (Å²) in [5, 5.41) is 0. The molecular formula is C88H163NO8P+. The van der Waals surface area contributed by atoms with Crippen LogP contribution in [0.15, 0.2) is 85.1 Å².